The van der Waals surface area contributed by atoms with Crippen LogP contribution in [0.2, 0.25) is 0 Å². The van der Waals surface area contributed by atoms with Gasteiger partial charge in [0.2, 0.25) is 11.8 Å². The summed E-state index contributed by atoms with van der Waals surface area (Å²) in [5.41, 5.74) is 1.81. The zero-order chi connectivity index (χ0) is 20.2. The quantitative estimate of drug-likeness (QED) is 0.784. The Labute approximate surface area is 171 Å². The van der Waals surface area contributed by atoms with Gasteiger partial charge in [-0.3, -0.25) is 19.4 Å². The van der Waals surface area contributed by atoms with Crippen LogP contribution in [0.5, 0.6) is 5.75 Å². The molecule has 0 N–H and O–H groups in total. The molecular formula is C23H27N3O3. The number of hydrogen-bond acceptors (Lipinski definition) is 4. The van der Waals surface area contributed by atoms with Crippen LogP contribution in [0.4, 0.5) is 5.69 Å². The van der Waals surface area contributed by atoms with Crippen LogP contribution in [-0.4, -0.2) is 61.4 Å². The molecule has 152 valence electrons. The van der Waals surface area contributed by atoms with Crippen molar-refractivity contribution in [2.45, 2.75) is 18.9 Å². The number of likely N-dealkylation sites (tertiary alicyclic amines) is 1. The molecule has 6 heteroatoms. The van der Waals surface area contributed by atoms with Crippen molar-refractivity contribution < 1.29 is 14.3 Å². The average Bonchev–Trinajstić information content (AvgIpc) is 3.28. The molecule has 0 unspecified atom stereocenters. The number of anilines is 1. The number of likely N-dealkylation sites (N-methyl/N-ethyl adjacent to an activating group) is 1. The van der Waals surface area contributed by atoms with Crippen molar-refractivity contribution in [1.82, 2.24) is 9.80 Å². The Morgan fingerprint density at radius 2 is 1.62 bits per heavy atom. The first kappa shape index (κ1) is 19.5. The summed E-state index contributed by atoms with van der Waals surface area (Å²) in [6.45, 7) is 2.50. The molecule has 2 heterocycles. The molecule has 0 bridgehead atoms. The van der Waals surface area contributed by atoms with Crippen LogP contribution >= 0.6 is 0 Å². The Kier molecular flexibility index (Phi) is 5.81. The van der Waals surface area contributed by atoms with Crippen molar-refractivity contribution in [2.75, 3.05) is 44.7 Å². The van der Waals surface area contributed by atoms with Crippen molar-refractivity contribution in [3.63, 3.8) is 0 Å². The van der Waals surface area contributed by atoms with Gasteiger partial charge in [-0.2, -0.15) is 0 Å². The fourth-order valence-electron chi connectivity index (χ4n) is 4.08. The maximum absolute atomic E-state index is 13.4. The van der Waals surface area contributed by atoms with Gasteiger partial charge in [0.25, 0.3) is 0 Å². The molecule has 2 aromatic carbocycles. The number of amides is 2. The molecule has 2 aromatic rings. The summed E-state index contributed by atoms with van der Waals surface area (Å²) in [4.78, 5) is 31.3. The number of fused-ring (bicyclic) bond motifs is 1. The SMILES string of the molecule is CN(CC(=O)N1CCCC1)CC(=O)N1c2ccccc2OC[C@H]1c1ccccc1. The summed E-state index contributed by atoms with van der Waals surface area (Å²) in [5, 5.41) is 0. The molecule has 4 rings (SSSR count). The van der Waals surface area contributed by atoms with Gasteiger partial charge in [-0.1, -0.05) is 42.5 Å². The minimum absolute atomic E-state index is 0.0358. The fraction of sp³-hybridized carbons (Fsp3) is 0.391. The molecule has 2 aliphatic rings. The summed E-state index contributed by atoms with van der Waals surface area (Å²) in [7, 11) is 1.83. The minimum Gasteiger partial charge on any atom is -0.489 e. The van der Waals surface area contributed by atoms with E-state index in [1.165, 1.54) is 0 Å². The van der Waals surface area contributed by atoms with E-state index in [2.05, 4.69) is 0 Å². The Morgan fingerprint density at radius 3 is 2.38 bits per heavy atom. The van der Waals surface area contributed by atoms with E-state index in [9.17, 15) is 9.59 Å². The maximum atomic E-state index is 13.4. The third-order valence-electron chi connectivity index (χ3n) is 5.56. The number of para-hydroxylation sites is 2. The van der Waals surface area contributed by atoms with Crippen LogP contribution in [0.25, 0.3) is 0 Å². The van der Waals surface area contributed by atoms with Gasteiger partial charge in [-0.25, -0.2) is 0 Å². The second-order valence-corrected chi connectivity index (χ2v) is 7.73. The van der Waals surface area contributed by atoms with Gasteiger partial charge in [0.05, 0.1) is 24.8 Å². The van der Waals surface area contributed by atoms with Crippen molar-refractivity contribution >= 4 is 17.5 Å². The second-order valence-electron chi connectivity index (χ2n) is 7.73. The van der Waals surface area contributed by atoms with Crippen LogP contribution in [0.3, 0.4) is 0 Å². The molecule has 2 amide bonds. The maximum Gasteiger partial charge on any atom is 0.241 e. The minimum atomic E-state index is -0.193. The summed E-state index contributed by atoms with van der Waals surface area (Å²) < 4.78 is 5.94. The van der Waals surface area contributed by atoms with Gasteiger partial charge in [0, 0.05) is 13.1 Å². The van der Waals surface area contributed by atoms with E-state index in [0.29, 0.717) is 12.4 Å². The highest BCUT2D eigenvalue weighted by Crippen LogP contribution is 2.39. The van der Waals surface area contributed by atoms with Crippen LogP contribution in [-0.2, 0) is 9.59 Å². The lowest BCUT2D eigenvalue weighted by Gasteiger charge is -2.38. The fourth-order valence-corrected chi connectivity index (χ4v) is 4.08. The van der Waals surface area contributed by atoms with Gasteiger partial charge in [0.15, 0.2) is 0 Å². The zero-order valence-corrected chi connectivity index (χ0v) is 16.8. The average molecular weight is 393 g/mol. The van der Waals surface area contributed by atoms with Crippen molar-refractivity contribution in [3.8, 4) is 5.75 Å². The first-order valence-electron chi connectivity index (χ1n) is 10.2. The lowest BCUT2D eigenvalue weighted by Crippen LogP contribution is -2.47. The van der Waals surface area contributed by atoms with Gasteiger partial charge in [-0.05, 0) is 37.6 Å². The Balaban J connectivity index is 1.52. The van der Waals surface area contributed by atoms with Crippen molar-refractivity contribution in [3.05, 3.63) is 60.2 Å². The van der Waals surface area contributed by atoms with Gasteiger partial charge >= 0.3 is 0 Å². The molecule has 1 fully saturated rings. The first-order valence-corrected chi connectivity index (χ1v) is 10.2. The van der Waals surface area contributed by atoms with E-state index >= 15 is 0 Å². The molecule has 29 heavy (non-hydrogen) atoms. The molecule has 2 aliphatic heterocycles. The van der Waals surface area contributed by atoms with Gasteiger partial charge < -0.3 is 9.64 Å². The van der Waals surface area contributed by atoms with E-state index in [0.717, 1.165) is 37.2 Å². The number of benzene rings is 2. The van der Waals surface area contributed by atoms with Crippen molar-refractivity contribution in [1.29, 1.82) is 0 Å². The highest BCUT2D eigenvalue weighted by molar-refractivity contribution is 5.97. The molecule has 0 aromatic heterocycles. The van der Waals surface area contributed by atoms with Crippen molar-refractivity contribution in [2.24, 2.45) is 0 Å². The summed E-state index contributed by atoms with van der Waals surface area (Å²) in [5.74, 6) is 0.773. The Bertz CT molecular complexity index is 865. The summed E-state index contributed by atoms with van der Waals surface area (Å²) in [6.07, 6.45) is 2.13. The Morgan fingerprint density at radius 1 is 0.966 bits per heavy atom. The van der Waals surface area contributed by atoms with Gasteiger partial charge in [0.1, 0.15) is 12.4 Å². The number of nitrogens with zero attached hydrogens (tertiary/aromatic N) is 3. The molecule has 1 atom stereocenters. The lowest BCUT2D eigenvalue weighted by molar-refractivity contribution is -0.131. The molecule has 6 nitrogen and oxygen atoms in total. The number of carbonyl (C=O) groups excluding carboxylic acids is 2. The van der Waals surface area contributed by atoms with Crippen LogP contribution < -0.4 is 9.64 Å². The first-order chi connectivity index (χ1) is 14.1. The molecule has 0 spiro atoms. The molecule has 1 saturated heterocycles. The third kappa shape index (κ3) is 4.27. The summed E-state index contributed by atoms with van der Waals surface area (Å²) >= 11 is 0. The standard InChI is InChI=1S/C23H27N3O3/c1-24(15-22(27)25-13-7-8-14-25)16-23(28)26-19-11-5-6-12-21(19)29-17-20(26)18-9-3-2-4-10-18/h2-6,9-12,20H,7-8,13-17H2,1H3/t20-/m0/s1. The highest BCUT2D eigenvalue weighted by atomic mass is 16.5. The number of ether oxygens (including phenoxy) is 1. The summed E-state index contributed by atoms with van der Waals surface area (Å²) in [6, 6.07) is 17.4. The third-order valence-corrected chi connectivity index (χ3v) is 5.56. The molecule has 0 radical (unpaired) electrons. The smallest absolute Gasteiger partial charge is 0.241 e. The number of rotatable bonds is 5. The van der Waals surface area contributed by atoms with E-state index in [1.54, 1.807) is 0 Å². The van der Waals surface area contributed by atoms with E-state index in [-0.39, 0.29) is 30.9 Å². The monoisotopic (exact) mass is 393 g/mol. The normalized spacial score (nSPS) is 18.5. The van der Waals surface area contributed by atoms with Crippen LogP contribution in [0.15, 0.2) is 54.6 Å². The van der Waals surface area contributed by atoms with E-state index in [1.807, 2.05) is 76.3 Å². The van der Waals surface area contributed by atoms with Gasteiger partial charge in [-0.15, -0.1) is 0 Å². The van der Waals surface area contributed by atoms with Crippen LogP contribution in [0, 0.1) is 0 Å². The molecule has 0 aliphatic carbocycles. The highest BCUT2D eigenvalue weighted by Gasteiger charge is 2.33. The molecular weight excluding hydrogens is 366 g/mol. The van der Waals surface area contributed by atoms with E-state index in [4.69, 9.17) is 4.74 Å². The predicted molar refractivity (Wildman–Crippen MR) is 112 cm³/mol. The molecule has 0 saturated carbocycles. The topological polar surface area (TPSA) is 53.1 Å². The number of carbonyl (C=O) groups is 2. The predicted octanol–water partition coefficient (Wildman–Crippen LogP) is 2.71. The number of hydrogen-bond donors (Lipinski definition) is 0. The largest absolute Gasteiger partial charge is 0.489 e. The zero-order valence-electron chi connectivity index (χ0n) is 16.8. The lowest BCUT2D eigenvalue weighted by atomic mass is 10.0. The van der Waals surface area contributed by atoms with E-state index < -0.39 is 0 Å². The second kappa shape index (κ2) is 8.66. The van der Waals surface area contributed by atoms with Crippen LogP contribution in [0.1, 0.15) is 24.4 Å². The Hall–Kier alpha value is -2.86.